The Morgan fingerprint density at radius 3 is 2.71 bits per heavy atom. The molecule has 2 amide bonds. The van der Waals surface area contributed by atoms with E-state index in [1.165, 1.54) is 4.57 Å². The lowest BCUT2D eigenvalue weighted by molar-refractivity contribution is -0.202. The van der Waals surface area contributed by atoms with Crippen molar-refractivity contribution in [2.24, 2.45) is 17.3 Å². The minimum Gasteiger partial charge on any atom is -0.491 e. The van der Waals surface area contributed by atoms with Crippen LogP contribution in [0.5, 0.6) is 5.75 Å². The van der Waals surface area contributed by atoms with Crippen molar-refractivity contribution in [2.45, 2.75) is 50.0 Å². The molecule has 3 saturated carbocycles. The van der Waals surface area contributed by atoms with Gasteiger partial charge < -0.3 is 24.3 Å². The average Bonchev–Trinajstić information content (AvgIpc) is 3.74. The molecule has 1 aromatic carbocycles. The van der Waals surface area contributed by atoms with Crippen molar-refractivity contribution < 1.29 is 41.0 Å². The second-order valence-electron chi connectivity index (χ2n) is 10.6. The Kier molecular flexibility index (Phi) is 4.56. The van der Waals surface area contributed by atoms with Crippen LogP contribution < -0.4 is 15.5 Å². The van der Waals surface area contributed by atoms with Crippen LogP contribution in [0, 0.1) is 28.9 Å². The number of alkyl halides is 3. The molecule has 5 aliphatic rings. The fourth-order valence-corrected chi connectivity index (χ4v) is 6.99. The maximum Gasteiger partial charge on any atom is 0.412 e. The van der Waals surface area contributed by atoms with E-state index in [4.69, 9.17) is 9.47 Å². The Morgan fingerprint density at radius 1 is 1.26 bits per heavy atom. The van der Waals surface area contributed by atoms with Crippen LogP contribution in [0.4, 0.5) is 22.0 Å². The van der Waals surface area contributed by atoms with Crippen molar-refractivity contribution in [1.82, 2.24) is 14.8 Å². The molecule has 1 saturated heterocycles. The van der Waals surface area contributed by atoms with Crippen molar-refractivity contribution in [2.75, 3.05) is 7.11 Å². The van der Waals surface area contributed by atoms with Gasteiger partial charge in [0.2, 0.25) is 5.43 Å². The number of pyridine rings is 1. The molecule has 3 aliphatic carbocycles. The molecule has 1 aromatic heterocycles. The topological polar surface area (TPSA) is 89.9 Å². The Balaban J connectivity index is 1.24. The highest BCUT2D eigenvalue weighted by Crippen LogP contribution is 2.81. The fraction of sp³-hybridized carbons (Fsp3) is 0.480. The van der Waals surface area contributed by atoms with E-state index in [-0.39, 0.29) is 35.9 Å². The van der Waals surface area contributed by atoms with E-state index in [0.717, 1.165) is 26.1 Å². The maximum atomic E-state index is 14.2. The van der Waals surface area contributed by atoms with Gasteiger partial charge in [0.15, 0.2) is 23.7 Å². The highest BCUT2D eigenvalue weighted by Gasteiger charge is 2.85. The van der Waals surface area contributed by atoms with Gasteiger partial charge in [0.1, 0.15) is 17.2 Å². The number of halogens is 5. The van der Waals surface area contributed by atoms with Crippen LogP contribution in [-0.2, 0) is 11.3 Å². The maximum absolute atomic E-state index is 14.2. The normalized spacial score (nSPS) is 32.5. The first kappa shape index (κ1) is 23.6. The van der Waals surface area contributed by atoms with Crippen LogP contribution >= 0.6 is 0 Å². The van der Waals surface area contributed by atoms with Crippen LogP contribution in [0.3, 0.4) is 0 Å². The minimum absolute atomic E-state index is 0.00261. The largest absolute Gasteiger partial charge is 0.491 e. The number of rotatable bonds is 4. The third kappa shape index (κ3) is 2.96. The van der Waals surface area contributed by atoms with Crippen LogP contribution in [0.1, 0.15) is 45.3 Å². The smallest absolute Gasteiger partial charge is 0.412 e. The summed E-state index contributed by atoms with van der Waals surface area (Å²) in [6.45, 7) is 0.0494. The first-order chi connectivity index (χ1) is 18.0. The quantitative estimate of drug-likeness (QED) is 0.607. The average molecular weight is 537 g/mol. The SMILES string of the molecule is COc1c2n(cc(C(=O)N[C@@H](c3ccc(F)cc3F)C(F)(F)F)c1=O)C[C@H]1OC3[C@@H]4C[C@@H]4[C@@]34CC4N1C2=O. The molecule has 8 nitrogen and oxygen atoms in total. The van der Waals surface area contributed by atoms with Crippen molar-refractivity contribution in [1.29, 1.82) is 0 Å². The minimum atomic E-state index is -5.17. The number of hydrogen-bond acceptors (Lipinski definition) is 5. The summed E-state index contributed by atoms with van der Waals surface area (Å²) in [6.07, 6.45) is -2.89. The van der Waals surface area contributed by atoms with E-state index < -0.39 is 64.2 Å². The van der Waals surface area contributed by atoms with E-state index in [9.17, 15) is 36.3 Å². The molecule has 1 spiro atoms. The van der Waals surface area contributed by atoms with Gasteiger partial charge in [0.05, 0.1) is 19.8 Å². The lowest BCUT2D eigenvalue weighted by Gasteiger charge is -2.50. The Bertz CT molecular complexity index is 1490. The van der Waals surface area contributed by atoms with Gasteiger partial charge in [-0.05, 0) is 30.7 Å². The molecule has 4 fully saturated rings. The van der Waals surface area contributed by atoms with Crippen LogP contribution in [0.25, 0.3) is 0 Å². The van der Waals surface area contributed by atoms with Crippen LogP contribution in [-0.4, -0.2) is 52.9 Å². The number of fused-ring (bicyclic) bond motifs is 5. The summed E-state index contributed by atoms with van der Waals surface area (Å²) in [6, 6.07) is -1.41. The molecule has 13 heteroatoms. The highest BCUT2D eigenvalue weighted by atomic mass is 19.4. The van der Waals surface area contributed by atoms with Gasteiger partial charge in [0, 0.05) is 29.3 Å². The summed E-state index contributed by atoms with van der Waals surface area (Å²) in [4.78, 5) is 41.3. The van der Waals surface area contributed by atoms with E-state index in [0.29, 0.717) is 24.0 Å². The molecule has 2 unspecified atom stereocenters. The summed E-state index contributed by atoms with van der Waals surface area (Å²) >= 11 is 0. The monoisotopic (exact) mass is 537 g/mol. The van der Waals surface area contributed by atoms with E-state index >= 15 is 0 Å². The molecule has 2 aliphatic heterocycles. The van der Waals surface area contributed by atoms with E-state index in [1.54, 1.807) is 10.2 Å². The van der Waals surface area contributed by atoms with E-state index in [2.05, 4.69) is 0 Å². The Morgan fingerprint density at radius 2 is 2.03 bits per heavy atom. The van der Waals surface area contributed by atoms with Crippen molar-refractivity contribution >= 4 is 11.8 Å². The fourth-order valence-electron chi connectivity index (χ4n) is 6.99. The lowest BCUT2D eigenvalue weighted by atomic mass is 9.76. The molecule has 7 atom stereocenters. The molecule has 2 aromatic rings. The van der Waals surface area contributed by atoms with Crippen molar-refractivity contribution in [3.63, 3.8) is 0 Å². The zero-order chi connectivity index (χ0) is 26.9. The summed E-state index contributed by atoms with van der Waals surface area (Å²) in [5.41, 5.74) is -2.97. The number of methoxy groups -OCH3 is 1. The van der Waals surface area contributed by atoms with Gasteiger partial charge in [-0.2, -0.15) is 13.2 Å². The molecule has 0 bridgehead atoms. The van der Waals surface area contributed by atoms with Gasteiger partial charge in [-0.25, -0.2) is 8.78 Å². The third-order valence-electron chi connectivity index (χ3n) is 8.76. The van der Waals surface area contributed by atoms with Gasteiger partial charge in [-0.1, -0.05) is 6.07 Å². The number of hydrogen-bond donors (Lipinski definition) is 1. The summed E-state index contributed by atoms with van der Waals surface area (Å²) < 4.78 is 81.7. The van der Waals surface area contributed by atoms with Crippen LogP contribution in [0.15, 0.2) is 29.2 Å². The summed E-state index contributed by atoms with van der Waals surface area (Å²) in [7, 11) is 1.12. The number of nitrogens with one attached hydrogen (secondary N) is 1. The number of aromatic nitrogens is 1. The van der Waals surface area contributed by atoms with E-state index in [1.807, 2.05) is 0 Å². The van der Waals surface area contributed by atoms with Gasteiger partial charge in [-0.15, -0.1) is 0 Å². The number of carbonyl (C=O) groups is 2. The van der Waals surface area contributed by atoms with Gasteiger partial charge in [0.25, 0.3) is 11.8 Å². The molecule has 38 heavy (non-hydrogen) atoms. The zero-order valence-corrected chi connectivity index (χ0v) is 19.7. The molecule has 3 heterocycles. The molecular formula is C25H20F5N3O5. The molecule has 1 N–H and O–H groups in total. The van der Waals surface area contributed by atoms with Gasteiger partial charge >= 0.3 is 6.18 Å². The zero-order valence-electron chi connectivity index (χ0n) is 19.7. The van der Waals surface area contributed by atoms with Gasteiger partial charge in [-0.3, -0.25) is 14.4 Å². The predicted octanol–water partition coefficient (Wildman–Crippen LogP) is 2.76. The van der Waals surface area contributed by atoms with Crippen molar-refractivity contribution in [3.05, 3.63) is 63.1 Å². The number of ether oxygens (including phenoxy) is 2. The molecular weight excluding hydrogens is 517 g/mol. The predicted molar refractivity (Wildman–Crippen MR) is 117 cm³/mol. The molecule has 7 rings (SSSR count). The van der Waals surface area contributed by atoms with Crippen LogP contribution in [0.2, 0.25) is 0 Å². The lowest BCUT2D eigenvalue weighted by Crippen LogP contribution is -2.62. The standard InChI is InChI=1S/C25H20F5N3O5/c1-37-19-17-23(36)33-15-6-24(15)13-5-11(13)21(24)38-16(33)8-32(17)7-12(18(19)34)22(35)31-20(25(28,29)30)10-3-2-9(26)4-14(10)27/h2-4,7,11,13,15-16,20-21H,5-6,8H2,1H3,(H,31,35)/t11-,13+,15?,16-,20+,21?,24-/m1/s1. The molecule has 0 radical (unpaired) electrons. The number of nitrogens with zero attached hydrogens (tertiary/aromatic N) is 2. The third-order valence-corrected chi connectivity index (χ3v) is 8.76. The second kappa shape index (κ2) is 7.33. The number of benzene rings is 1. The summed E-state index contributed by atoms with van der Waals surface area (Å²) in [5.74, 6) is -4.03. The molecule has 200 valence electrons. The number of carbonyl (C=O) groups excluding carboxylic acids is 2. The second-order valence-corrected chi connectivity index (χ2v) is 10.6. The first-order valence-electron chi connectivity index (χ1n) is 12.1. The number of amides is 2. The first-order valence-corrected chi connectivity index (χ1v) is 12.1. The Hall–Kier alpha value is -3.48. The Labute approximate surface area is 211 Å². The highest BCUT2D eigenvalue weighted by molar-refractivity contribution is 5.99. The summed E-state index contributed by atoms with van der Waals surface area (Å²) in [5, 5.41) is 1.64. The van der Waals surface area contributed by atoms with Crippen molar-refractivity contribution in [3.8, 4) is 5.75 Å².